The molecule has 0 N–H and O–H groups in total. The number of alkyl halides is 2. The Bertz CT molecular complexity index is 1190. The highest BCUT2D eigenvalue weighted by atomic mass is 19.3. The van der Waals surface area contributed by atoms with Gasteiger partial charge in [0.05, 0.1) is 23.5 Å². The van der Waals surface area contributed by atoms with Gasteiger partial charge in [-0.15, -0.1) is 0 Å². The van der Waals surface area contributed by atoms with E-state index >= 15 is 0 Å². The largest absolute Gasteiger partial charge is 0.284 e. The maximum absolute atomic E-state index is 14.4. The minimum atomic E-state index is -2.69. The molecular weight excluding hydrogens is 353 g/mol. The summed E-state index contributed by atoms with van der Waals surface area (Å²) in [5, 5.41) is 9.28. The summed E-state index contributed by atoms with van der Waals surface area (Å²) < 4.78 is 41.6. The van der Waals surface area contributed by atoms with Crippen molar-refractivity contribution >= 4 is 5.78 Å². The monoisotopic (exact) mass is 364 g/mol. The number of hydrogen-bond donors (Lipinski definition) is 0. The van der Waals surface area contributed by atoms with Crippen LogP contribution in [0.5, 0.6) is 0 Å². The number of nitriles is 1. The van der Waals surface area contributed by atoms with Crippen molar-refractivity contribution in [3.05, 3.63) is 78.0 Å². The van der Waals surface area contributed by atoms with Gasteiger partial charge in [0.2, 0.25) is 5.78 Å². The summed E-state index contributed by atoms with van der Waals surface area (Å²) in [6.07, 6.45) is 0.263. The first-order valence-electron chi connectivity index (χ1n) is 8.00. The van der Waals surface area contributed by atoms with Crippen LogP contribution < -0.4 is 0 Å². The van der Waals surface area contributed by atoms with Crippen molar-refractivity contribution in [3.63, 3.8) is 0 Å². The molecule has 0 unspecified atom stereocenters. The Morgan fingerprint density at radius 2 is 1.85 bits per heavy atom. The summed E-state index contributed by atoms with van der Waals surface area (Å²) >= 11 is 0. The lowest BCUT2D eigenvalue weighted by atomic mass is 9.97. The van der Waals surface area contributed by atoms with Crippen molar-refractivity contribution in [2.75, 3.05) is 0 Å². The fraction of sp³-hybridized carbons (Fsp3) is 0.0500. The van der Waals surface area contributed by atoms with E-state index in [0.29, 0.717) is 22.4 Å². The molecule has 0 fully saturated rings. The molecule has 2 aromatic carbocycles. The third-order valence-corrected chi connectivity index (χ3v) is 4.22. The Balaban J connectivity index is 1.87. The van der Waals surface area contributed by atoms with E-state index in [1.165, 1.54) is 24.5 Å². The first kappa shape index (κ1) is 16.8. The SMILES string of the molecule is N#Cc1ccccc1-c1cc(-c2cnc3nc(C(F)F)ccn23)ccc1F. The topological polar surface area (TPSA) is 54.0 Å². The van der Waals surface area contributed by atoms with E-state index in [9.17, 15) is 18.4 Å². The molecular formula is C20H11F3N4. The molecule has 0 spiro atoms. The Morgan fingerprint density at radius 3 is 2.63 bits per heavy atom. The molecule has 4 nitrogen and oxygen atoms in total. The second-order valence-corrected chi connectivity index (χ2v) is 5.82. The number of hydrogen-bond acceptors (Lipinski definition) is 3. The Morgan fingerprint density at radius 1 is 1.04 bits per heavy atom. The molecule has 0 atom stereocenters. The molecule has 0 radical (unpaired) electrons. The van der Waals surface area contributed by atoms with Crippen molar-refractivity contribution in [2.45, 2.75) is 6.43 Å². The fourth-order valence-corrected chi connectivity index (χ4v) is 2.93. The highest BCUT2D eigenvalue weighted by Gasteiger charge is 2.15. The van der Waals surface area contributed by atoms with Crippen molar-refractivity contribution in [1.29, 1.82) is 5.26 Å². The standard InChI is InChI=1S/C20H11F3N4/c21-16-6-5-12(9-15(16)14-4-2-1-3-13(14)10-24)18-11-25-20-26-17(19(22)23)7-8-27(18)20/h1-9,11,19H. The van der Waals surface area contributed by atoms with Crippen LogP contribution in [0.4, 0.5) is 13.2 Å². The van der Waals surface area contributed by atoms with Crippen molar-refractivity contribution in [2.24, 2.45) is 0 Å². The van der Waals surface area contributed by atoms with Crippen LogP contribution in [-0.4, -0.2) is 14.4 Å². The van der Waals surface area contributed by atoms with Crippen LogP contribution in [-0.2, 0) is 0 Å². The van der Waals surface area contributed by atoms with Gasteiger partial charge in [-0.25, -0.2) is 23.1 Å². The number of benzene rings is 2. The summed E-state index contributed by atoms with van der Waals surface area (Å²) in [5.41, 5.74) is 1.95. The second kappa shape index (κ2) is 6.57. The lowest BCUT2D eigenvalue weighted by molar-refractivity contribution is 0.146. The molecule has 4 aromatic rings. The zero-order valence-corrected chi connectivity index (χ0v) is 13.8. The van der Waals surface area contributed by atoms with E-state index in [1.54, 1.807) is 40.8 Å². The van der Waals surface area contributed by atoms with Gasteiger partial charge in [-0.3, -0.25) is 4.40 Å². The molecule has 2 aromatic heterocycles. The van der Waals surface area contributed by atoms with Crippen LogP contribution in [0.3, 0.4) is 0 Å². The highest BCUT2D eigenvalue weighted by Crippen LogP contribution is 2.31. The molecule has 2 heterocycles. The van der Waals surface area contributed by atoms with Crippen LogP contribution >= 0.6 is 0 Å². The molecule has 0 saturated heterocycles. The maximum Gasteiger partial charge on any atom is 0.280 e. The Kier molecular flexibility index (Phi) is 4.09. The number of rotatable bonds is 3. The van der Waals surface area contributed by atoms with Crippen LogP contribution in [0.25, 0.3) is 28.2 Å². The molecule has 0 amide bonds. The fourth-order valence-electron chi connectivity index (χ4n) is 2.93. The number of fused-ring (bicyclic) bond motifs is 1. The van der Waals surface area contributed by atoms with Crippen LogP contribution in [0.2, 0.25) is 0 Å². The van der Waals surface area contributed by atoms with Gasteiger partial charge in [0.1, 0.15) is 11.5 Å². The summed E-state index contributed by atoms with van der Waals surface area (Å²) in [7, 11) is 0. The lowest BCUT2D eigenvalue weighted by Gasteiger charge is -2.09. The Hall–Kier alpha value is -3.66. The molecule has 27 heavy (non-hydrogen) atoms. The van der Waals surface area contributed by atoms with Gasteiger partial charge in [-0.05, 0) is 30.3 Å². The van der Waals surface area contributed by atoms with E-state index in [0.717, 1.165) is 0 Å². The molecule has 0 bridgehead atoms. The molecule has 0 saturated carbocycles. The van der Waals surface area contributed by atoms with Gasteiger partial charge < -0.3 is 0 Å². The molecule has 0 aliphatic rings. The summed E-state index contributed by atoms with van der Waals surface area (Å²) in [6, 6.07) is 14.5. The predicted octanol–water partition coefficient (Wildman–Crippen LogP) is 5.01. The zero-order valence-electron chi connectivity index (χ0n) is 13.8. The molecule has 7 heteroatoms. The van der Waals surface area contributed by atoms with E-state index in [1.807, 2.05) is 0 Å². The second-order valence-electron chi connectivity index (χ2n) is 5.82. The summed E-state index contributed by atoms with van der Waals surface area (Å²) in [6.45, 7) is 0. The number of nitrogens with zero attached hydrogens (tertiary/aromatic N) is 4. The van der Waals surface area contributed by atoms with Crippen molar-refractivity contribution < 1.29 is 13.2 Å². The molecule has 4 rings (SSSR count). The van der Waals surface area contributed by atoms with Gasteiger partial charge in [-0.1, -0.05) is 18.2 Å². The maximum atomic E-state index is 14.4. The minimum Gasteiger partial charge on any atom is -0.284 e. The zero-order chi connectivity index (χ0) is 19.0. The quantitative estimate of drug-likeness (QED) is 0.513. The smallest absolute Gasteiger partial charge is 0.280 e. The highest BCUT2D eigenvalue weighted by molar-refractivity contribution is 5.76. The van der Waals surface area contributed by atoms with Gasteiger partial charge in [0.25, 0.3) is 6.43 Å². The lowest BCUT2D eigenvalue weighted by Crippen LogP contribution is -1.97. The van der Waals surface area contributed by atoms with E-state index in [4.69, 9.17) is 0 Å². The average Bonchev–Trinajstić information content (AvgIpc) is 3.11. The first-order valence-corrected chi connectivity index (χ1v) is 8.00. The summed E-state index contributed by atoms with van der Waals surface area (Å²) in [5.74, 6) is -0.334. The normalized spacial score (nSPS) is 11.1. The van der Waals surface area contributed by atoms with E-state index < -0.39 is 12.2 Å². The van der Waals surface area contributed by atoms with Crippen molar-refractivity contribution in [1.82, 2.24) is 14.4 Å². The number of imidazole rings is 1. The van der Waals surface area contributed by atoms with Gasteiger partial charge in [0, 0.05) is 22.9 Å². The molecule has 0 aliphatic heterocycles. The Labute approximate surface area is 152 Å². The van der Waals surface area contributed by atoms with Crippen molar-refractivity contribution in [3.8, 4) is 28.5 Å². The van der Waals surface area contributed by atoms with E-state index in [-0.39, 0.29) is 17.0 Å². The van der Waals surface area contributed by atoms with Gasteiger partial charge in [-0.2, -0.15) is 5.26 Å². The van der Waals surface area contributed by atoms with Gasteiger partial charge in [0.15, 0.2) is 0 Å². The average molecular weight is 364 g/mol. The van der Waals surface area contributed by atoms with Crippen LogP contribution in [0.15, 0.2) is 60.9 Å². The van der Waals surface area contributed by atoms with Crippen LogP contribution in [0.1, 0.15) is 17.7 Å². The summed E-state index contributed by atoms with van der Waals surface area (Å²) in [4.78, 5) is 7.90. The minimum absolute atomic E-state index is 0.131. The molecule has 0 aliphatic carbocycles. The third kappa shape index (κ3) is 2.91. The van der Waals surface area contributed by atoms with Crippen LogP contribution in [0, 0.1) is 17.1 Å². The number of aromatic nitrogens is 3. The molecule has 132 valence electrons. The third-order valence-electron chi connectivity index (χ3n) is 4.22. The predicted molar refractivity (Wildman–Crippen MR) is 93.5 cm³/mol. The number of halogens is 3. The first-order chi connectivity index (χ1) is 13.1. The van der Waals surface area contributed by atoms with E-state index in [2.05, 4.69) is 16.0 Å². The van der Waals surface area contributed by atoms with Gasteiger partial charge >= 0.3 is 0 Å².